The molecule has 0 aliphatic rings. The van der Waals surface area contributed by atoms with Gasteiger partial charge in [0.25, 0.3) is 0 Å². The van der Waals surface area contributed by atoms with Crippen LogP contribution in [0.25, 0.3) is 0 Å². The summed E-state index contributed by atoms with van der Waals surface area (Å²) >= 11 is 0. The zero-order valence-corrected chi connectivity index (χ0v) is 13.2. The van der Waals surface area contributed by atoms with Crippen molar-refractivity contribution in [1.29, 1.82) is 0 Å². The van der Waals surface area contributed by atoms with Crippen molar-refractivity contribution in [2.45, 2.75) is 13.5 Å². The number of rotatable bonds is 6. The SMILES string of the molecule is C=CCN(Cc1ccc(N(C)C)cc1)c1ccc(C)cc1. The summed E-state index contributed by atoms with van der Waals surface area (Å²) in [5.41, 5.74) is 5.05. The Balaban J connectivity index is 2.15. The lowest BCUT2D eigenvalue weighted by Crippen LogP contribution is -2.22. The van der Waals surface area contributed by atoms with Crippen LogP contribution in [0.2, 0.25) is 0 Å². The molecule has 0 heterocycles. The first kappa shape index (κ1) is 15.2. The molecule has 0 unspecified atom stereocenters. The average molecular weight is 280 g/mol. The van der Waals surface area contributed by atoms with Gasteiger partial charge in [-0.1, -0.05) is 35.9 Å². The highest BCUT2D eigenvalue weighted by molar-refractivity contribution is 5.50. The summed E-state index contributed by atoms with van der Waals surface area (Å²) < 4.78 is 0. The summed E-state index contributed by atoms with van der Waals surface area (Å²) in [7, 11) is 4.12. The second kappa shape index (κ2) is 6.98. The van der Waals surface area contributed by atoms with E-state index in [2.05, 4.69) is 85.9 Å². The van der Waals surface area contributed by atoms with E-state index < -0.39 is 0 Å². The number of nitrogens with zero attached hydrogens (tertiary/aromatic N) is 2. The minimum Gasteiger partial charge on any atom is -0.378 e. The fourth-order valence-corrected chi connectivity index (χ4v) is 2.29. The highest BCUT2D eigenvalue weighted by atomic mass is 15.1. The number of hydrogen-bond acceptors (Lipinski definition) is 2. The maximum atomic E-state index is 3.87. The van der Waals surface area contributed by atoms with Gasteiger partial charge in [-0.05, 0) is 36.8 Å². The van der Waals surface area contributed by atoms with Crippen molar-refractivity contribution in [3.8, 4) is 0 Å². The Morgan fingerprint density at radius 1 is 0.905 bits per heavy atom. The van der Waals surface area contributed by atoms with Gasteiger partial charge in [-0.25, -0.2) is 0 Å². The van der Waals surface area contributed by atoms with Crippen LogP contribution in [0, 0.1) is 6.92 Å². The lowest BCUT2D eigenvalue weighted by molar-refractivity contribution is 0.867. The fourth-order valence-electron chi connectivity index (χ4n) is 2.29. The maximum absolute atomic E-state index is 3.87. The van der Waals surface area contributed by atoms with Gasteiger partial charge in [-0.15, -0.1) is 6.58 Å². The van der Waals surface area contributed by atoms with Crippen LogP contribution < -0.4 is 9.80 Å². The first-order chi connectivity index (χ1) is 10.1. The molecule has 0 atom stereocenters. The van der Waals surface area contributed by atoms with Gasteiger partial charge in [-0.2, -0.15) is 0 Å². The predicted octanol–water partition coefficient (Wildman–Crippen LogP) is 4.25. The minimum atomic E-state index is 0.846. The van der Waals surface area contributed by atoms with Crippen LogP contribution in [0.5, 0.6) is 0 Å². The summed E-state index contributed by atoms with van der Waals surface area (Å²) in [6.45, 7) is 7.72. The molecule has 110 valence electrons. The van der Waals surface area contributed by atoms with E-state index in [1.165, 1.54) is 22.5 Å². The van der Waals surface area contributed by atoms with E-state index in [1.54, 1.807) is 0 Å². The molecule has 0 saturated heterocycles. The molecule has 0 aromatic heterocycles. The Bertz CT molecular complexity index is 568. The zero-order valence-electron chi connectivity index (χ0n) is 13.2. The highest BCUT2D eigenvalue weighted by Gasteiger charge is 2.06. The fraction of sp³-hybridized carbons (Fsp3) is 0.263. The van der Waals surface area contributed by atoms with E-state index in [1.807, 2.05) is 6.08 Å². The molecule has 2 heteroatoms. The van der Waals surface area contributed by atoms with Crippen molar-refractivity contribution in [2.75, 3.05) is 30.4 Å². The standard InChI is InChI=1S/C19H24N2/c1-5-14-21(19-10-6-16(2)7-11-19)15-17-8-12-18(13-9-17)20(3)4/h5-13H,1,14-15H2,2-4H3. The topological polar surface area (TPSA) is 6.48 Å². The predicted molar refractivity (Wildman–Crippen MR) is 93.2 cm³/mol. The molecule has 0 fully saturated rings. The molecule has 2 aromatic carbocycles. The van der Waals surface area contributed by atoms with Crippen molar-refractivity contribution in [1.82, 2.24) is 0 Å². The van der Waals surface area contributed by atoms with Gasteiger partial charge in [0.2, 0.25) is 0 Å². The molecule has 2 aromatic rings. The third-order valence-electron chi connectivity index (χ3n) is 3.57. The molecule has 0 aliphatic heterocycles. The average Bonchev–Trinajstić information content (AvgIpc) is 2.48. The summed E-state index contributed by atoms with van der Waals surface area (Å²) in [6.07, 6.45) is 1.95. The monoisotopic (exact) mass is 280 g/mol. The van der Waals surface area contributed by atoms with Crippen LogP contribution in [0.3, 0.4) is 0 Å². The Hall–Kier alpha value is -2.22. The van der Waals surface area contributed by atoms with Crippen molar-refractivity contribution in [3.05, 3.63) is 72.3 Å². The summed E-state index contributed by atoms with van der Waals surface area (Å²) in [4.78, 5) is 4.45. The van der Waals surface area contributed by atoms with Crippen molar-refractivity contribution in [3.63, 3.8) is 0 Å². The van der Waals surface area contributed by atoms with E-state index >= 15 is 0 Å². The van der Waals surface area contributed by atoms with E-state index in [4.69, 9.17) is 0 Å². The molecule has 0 saturated carbocycles. The van der Waals surface area contributed by atoms with Gasteiger partial charge in [0.15, 0.2) is 0 Å². The normalized spacial score (nSPS) is 10.2. The van der Waals surface area contributed by atoms with E-state index in [9.17, 15) is 0 Å². The van der Waals surface area contributed by atoms with E-state index in [0.717, 1.165) is 13.1 Å². The minimum absolute atomic E-state index is 0.846. The highest BCUT2D eigenvalue weighted by Crippen LogP contribution is 2.19. The van der Waals surface area contributed by atoms with E-state index in [-0.39, 0.29) is 0 Å². The molecule has 0 amide bonds. The second-order valence-electron chi connectivity index (χ2n) is 5.57. The molecular formula is C19H24N2. The van der Waals surface area contributed by atoms with Crippen molar-refractivity contribution < 1.29 is 0 Å². The third kappa shape index (κ3) is 4.12. The second-order valence-corrected chi connectivity index (χ2v) is 5.57. The molecule has 0 spiro atoms. The molecule has 2 nitrogen and oxygen atoms in total. The molecule has 21 heavy (non-hydrogen) atoms. The van der Waals surface area contributed by atoms with Crippen LogP contribution in [-0.4, -0.2) is 20.6 Å². The third-order valence-corrected chi connectivity index (χ3v) is 3.57. The van der Waals surface area contributed by atoms with Gasteiger partial charge >= 0.3 is 0 Å². The van der Waals surface area contributed by atoms with Crippen LogP contribution in [0.1, 0.15) is 11.1 Å². The molecule has 0 radical (unpaired) electrons. The largest absolute Gasteiger partial charge is 0.378 e. The Labute approximate surface area is 128 Å². The quantitative estimate of drug-likeness (QED) is 0.730. The van der Waals surface area contributed by atoms with Crippen LogP contribution in [-0.2, 0) is 6.54 Å². The van der Waals surface area contributed by atoms with E-state index in [0.29, 0.717) is 0 Å². The van der Waals surface area contributed by atoms with Crippen LogP contribution in [0.4, 0.5) is 11.4 Å². The molecule has 2 rings (SSSR count). The number of benzene rings is 2. The summed E-state index contributed by atoms with van der Waals surface area (Å²) in [6, 6.07) is 17.4. The lowest BCUT2D eigenvalue weighted by Gasteiger charge is -2.24. The zero-order chi connectivity index (χ0) is 15.2. The first-order valence-electron chi connectivity index (χ1n) is 7.29. The molecule has 0 aliphatic carbocycles. The van der Waals surface area contributed by atoms with Crippen LogP contribution in [0.15, 0.2) is 61.2 Å². The summed E-state index contributed by atoms with van der Waals surface area (Å²) in [5.74, 6) is 0. The maximum Gasteiger partial charge on any atom is 0.0433 e. The first-order valence-corrected chi connectivity index (χ1v) is 7.29. The summed E-state index contributed by atoms with van der Waals surface area (Å²) in [5, 5.41) is 0. The number of hydrogen-bond donors (Lipinski definition) is 0. The number of aryl methyl sites for hydroxylation is 1. The van der Waals surface area contributed by atoms with Crippen LogP contribution >= 0.6 is 0 Å². The number of anilines is 2. The lowest BCUT2D eigenvalue weighted by atomic mass is 10.1. The Kier molecular flexibility index (Phi) is 5.04. The van der Waals surface area contributed by atoms with Gasteiger partial charge < -0.3 is 9.80 Å². The smallest absolute Gasteiger partial charge is 0.0433 e. The molecule has 0 bridgehead atoms. The van der Waals surface area contributed by atoms with Gasteiger partial charge in [0.1, 0.15) is 0 Å². The Morgan fingerprint density at radius 2 is 1.48 bits per heavy atom. The van der Waals surface area contributed by atoms with Gasteiger partial charge in [-0.3, -0.25) is 0 Å². The molecule has 0 N–H and O–H groups in total. The van der Waals surface area contributed by atoms with Gasteiger partial charge in [0, 0.05) is 38.6 Å². The van der Waals surface area contributed by atoms with Crippen molar-refractivity contribution >= 4 is 11.4 Å². The van der Waals surface area contributed by atoms with Crippen molar-refractivity contribution in [2.24, 2.45) is 0 Å². The Morgan fingerprint density at radius 3 is 2.00 bits per heavy atom. The van der Waals surface area contributed by atoms with Gasteiger partial charge in [0.05, 0.1) is 0 Å². The molecular weight excluding hydrogens is 256 g/mol.